The predicted octanol–water partition coefficient (Wildman–Crippen LogP) is 5.07. The van der Waals surface area contributed by atoms with Crippen molar-refractivity contribution in [3.05, 3.63) is 144 Å². The molecule has 6 heteroatoms. The molecule has 2 N–H and O–H groups in total. The van der Waals surface area contributed by atoms with Crippen molar-refractivity contribution >= 4 is 0 Å². The van der Waals surface area contributed by atoms with Gasteiger partial charge in [0, 0.05) is 0 Å². The van der Waals surface area contributed by atoms with Crippen LogP contribution in [0.25, 0.3) is 0 Å². The fourth-order valence-electron chi connectivity index (χ4n) is 5.06. The van der Waals surface area contributed by atoms with Crippen molar-refractivity contribution < 1.29 is 29.2 Å². The van der Waals surface area contributed by atoms with Crippen LogP contribution in [-0.2, 0) is 45.4 Å². The van der Waals surface area contributed by atoms with Crippen molar-refractivity contribution in [2.24, 2.45) is 0 Å². The molecule has 1 aliphatic rings. The maximum atomic E-state index is 12.1. The number of hydrogen-bond acceptors (Lipinski definition) is 6. The van der Waals surface area contributed by atoms with Gasteiger partial charge in [-0.2, -0.15) is 0 Å². The number of benzene rings is 4. The van der Waals surface area contributed by atoms with E-state index in [1.165, 1.54) is 0 Å². The molecule has 1 aliphatic carbocycles. The summed E-state index contributed by atoms with van der Waals surface area (Å²) in [6.45, 7) is 0.886. The molecule has 4 aromatic carbocycles. The van der Waals surface area contributed by atoms with Crippen molar-refractivity contribution in [3.8, 4) is 0 Å². The summed E-state index contributed by atoms with van der Waals surface area (Å²) in [6, 6.07) is 39.0. The molecular weight excluding hydrogens is 504 g/mol. The number of hydrogen-bond donors (Lipinski definition) is 2. The lowest BCUT2D eigenvalue weighted by Crippen LogP contribution is -2.53. The number of ether oxygens (including phenoxy) is 4. The van der Waals surface area contributed by atoms with Crippen molar-refractivity contribution in [1.29, 1.82) is 0 Å². The minimum absolute atomic E-state index is 0.154. The van der Waals surface area contributed by atoms with Gasteiger partial charge in [0.2, 0.25) is 0 Å². The smallest absolute Gasteiger partial charge is 0.145 e. The van der Waals surface area contributed by atoms with Gasteiger partial charge in [-0.15, -0.1) is 0 Å². The Bertz CT molecular complexity index is 1270. The molecule has 0 radical (unpaired) electrons. The first-order valence-corrected chi connectivity index (χ1v) is 13.6. The van der Waals surface area contributed by atoms with Crippen LogP contribution in [0.4, 0.5) is 0 Å². The fraction of sp³-hybridized carbons (Fsp3) is 0.294. The van der Waals surface area contributed by atoms with E-state index in [4.69, 9.17) is 18.9 Å². The van der Waals surface area contributed by atoms with Gasteiger partial charge in [-0.3, -0.25) is 0 Å². The first-order chi connectivity index (χ1) is 19.6. The Labute approximate surface area is 235 Å². The molecule has 0 aliphatic heterocycles. The molecular formula is C34H36O6. The van der Waals surface area contributed by atoms with Crippen molar-refractivity contribution in [3.63, 3.8) is 0 Å². The van der Waals surface area contributed by atoms with Crippen LogP contribution in [-0.4, -0.2) is 46.8 Å². The highest BCUT2D eigenvalue weighted by molar-refractivity contribution is 5.19. The minimum atomic E-state index is -1.77. The van der Waals surface area contributed by atoms with Gasteiger partial charge in [0.1, 0.15) is 30.0 Å². The molecule has 0 unspecified atom stereocenters. The Balaban J connectivity index is 1.40. The van der Waals surface area contributed by atoms with Crippen LogP contribution >= 0.6 is 0 Å². The molecule has 0 spiro atoms. The number of aliphatic hydroxyl groups excluding tert-OH is 1. The molecule has 0 heterocycles. The van der Waals surface area contributed by atoms with Gasteiger partial charge in [0.05, 0.1) is 33.0 Å². The van der Waals surface area contributed by atoms with Crippen LogP contribution < -0.4 is 0 Å². The van der Waals surface area contributed by atoms with Gasteiger partial charge in [-0.1, -0.05) is 121 Å². The SMILES string of the molecule is O[C@@H]1[C@H](OCc2ccccc2)[C@@H](OCc2ccccc2)[C@H](OCc2ccccc2)[C@@]1(O)COCc1ccccc1. The summed E-state index contributed by atoms with van der Waals surface area (Å²) in [5, 5.41) is 23.7. The topological polar surface area (TPSA) is 77.4 Å². The molecule has 40 heavy (non-hydrogen) atoms. The Kier molecular flexibility index (Phi) is 9.73. The second kappa shape index (κ2) is 13.8. The third-order valence-corrected chi connectivity index (χ3v) is 7.23. The summed E-state index contributed by atoms with van der Waals surface area (Å²) < 4.78 is 25.0. The number of rotatable bonds is 13. The van der Waals surface area contributed by atoms with E-state index in [2.05, 4.69) is 0 Å². The lowest BCUT2D eigenvalue weighted by Gasteiger charge is -2.33. The zero-order valence-corrected chi connectivity index (χ0v) is 22.4. The van der Waals surface area contributed by atoms with E-state index in [-0.39, 0.29) is 33.0 Å². The summed E-state index contributed by atoms with van der Waals surface area (Å²) in [4.78, 5) is 0. The highest BCUT2D eigenvalue weighted by Crippen LogP contribution is 2.39. The maximum absolute atomic E-state index is 12.1. The van der Waals surface area contributed by atoms with Crippen molar-refractivity contribution in [2.75, 3.05) is 6.61 Å². The molecule has 0 saturated heterocycles. The van der Waals surface area contributed by atoms with Crippen LogP contribution in [0.3, 0.4) is 0 Å². The van der Waals surface area contributed by atoms with E-state index in [0.29, 0.717) is 0 Å². The quantitative estimate of drug-likeness (QED) is 0.247. The molecule has 6 nitrogen and oxygen atoms in total. The third-order valence-electron chi connectivity index (χ3n) is 7.23. The molecule has 0 bridgehead atoms. The van der Waals surface area contributed by atoms with Crippen molar-refractivity contribution in [2.45, 2.75) is 56.4 Å². The van der Waals surface area contributed by atoms with Gasteiger partial charge in [0.25, 0.3) is 0 Å². The van der Waals surface area contributed by atoms with Crippen LogP contribution in [0, 0.1) is 0 Å². The van der Waals surface area contributed by atoms with E-state index < -0.39 is 30.0 Å². The van der Waals surface area contributed by atoms with Crippen LogP contribution in [0.5, 0.6) is 0 Å². The average Bonchev–Trinajstić information content (AvgIpc) is 3.20. The minimum Gasteiger partial charge on any atom is -0.387 e. The van der Waals surface area contributed by atoms with Gasteiger partial charge in [-0.25, -0.2) is 0 Å². The largest absolute Gasteiger partial charge is 0.387 e. The van der Waals surface area contributed by atoms with E-state index >= 15 is 0 Å². The lowest BCUT2D eigenvalue weighted by atomic mass is 9.98. The second-order valence-corrected chi connectivity index (χ2v) is 10.2. The van der Waals surface area contributed by atoms with Gasteiger partial charge < -0.3 is 29.2 Å². The summed E-state index contributed by atoms with van der Waals surface area (Å²) >= 11 is 0. The van der Waals surface area contributed by atoms with E-state index in [1.54, 1.807) is 0 Å². The lowest BCUT2D eigenvalue weighted by molar-refractivity contribution is -0.189. The second-order valence-electron chi connectivity index (χ2n) is 10.2. The Morgan fingerprint density at radius 3 is 1.32 bits per heavy atom. The Hall–Kier alpha value is -3.36. The van der Waals surface area contributed by atoms with E-state index in [0.717, 1.165) is 22.3 Å². The molecule has 1 saturated carbocycles. The Morgan fingerprint density at radius 1 is 0.500 bits per heavy atom. The molecule has 5 rings (SSSR count). The van der Waals surface area contributed by atoms with Crippen LogP contribution in [0.1, 0.15) is 22.3 Å². The molecule has 1 fully saturated rings. The zero-order chi connectivity index (χ0) is 27.6. The van der Waals surface area contributed by atoms with Gasteiger partial charge in [-0.05, 0) is 22.3 Å². The zero-order valence-electron chi connectivity index (χ0n) is 22.4. The standard InChI is InChI=1S/C34H36O6/c35-32-30(38-22-27-15-7-2-8-16-27)31(39-23-28-17-9-3-10-18-28)33(40-24-29-19-11-4-12-20-29)34(32,36)25-37-21-26-13-5-1-6-14-26/h1-20,30-33,35-36H,21-25H2/t30-,31-,32-,33+,34-/m1/s1. The Morgan fingerprint density at radius 2 is 0.875 bits per heavy atom. The van der Waals surface area contributed by atoms with Gasteiger partial charge >= 0.3 is 0 Å². The first-order valence-electron chi connectivity index (χ1n) is 13.6. The van der Waals surface area contributed by atoms with Gasteiger partial charge in [0.15, 0.2) is 0 Å². The summed E-state index contributed by atoms with van der Waals surface area (Å²) in [5.41, 5.74) is 2.06. The highest BCUT2D eigenvalue weighted by Gasteiger charge is 2.62. The summed E-state index contributed by atoms with van der Waals surface area (Å²) in [6.07, 6.45) is -3.83. The third kappa shape index (κ3) is 7.04. The van der Waals surface area contributed by atoms with E-state index in [9.17, 15) is 10.2 Å². The van der Waals surface area contributed by atoms with Crippen LogP contribution in [0.2, 0.25) is 0 Å². The molecule has 4 aromatic rings. The van der Waals surface area contributed by atoms with E-state index in [1.807, 2.05) is 121 Å². The summed E-state index contributed by atoms with van der Waals surface area (Å²) in [5.74, 6) is 0. The molecule has 0 amide bonds. The average molecular weight is 541 g/mol. The van der Waals surface area contributed by atoms with Crippen molar-refractivity contribution in [1.82, 2.24) is 0 Å². The predicted molar refractivity (Wildman–Crippen MR) is 152 cm³/mol. The molecule has 208 valence electrons. The maximum Gasteiger partial charge on any atom is 0.145 e. The molecule has 5 atom stereocenters. The molecule has 0 aromatic heterocycles. The first kappa shape index (κ1) is 28.2. The summed E-state index contributed by atoms with van der Waals surface area (Å²) in [7, 11) is 0. The van der Waals surface area contributed by atoms with Crippen LogP contribution in [0.15, 0.2) is 121 Å². The highest BCUT2D eigenvalue weighted by atomic mass is 16.6. The number of aliphatic hydroxyl groups is 2. The monoisotopic (exact) mass is 540 g/mol. The normalized spacial score (nSPS) is 24.2. The fourth-order valence-corrected chi connectivity index (χ4v) is 5.06.